The molecule has 0 unspecified atom stereocenters. The highest BCUT2D eigenvalue weighted by Gasteiger charge is 2.24. The molecule has 0 heterocycles. The van der Waals surface area contributed by atoms with Crippen molar-refractivity contribution in [3.8, 4) is 0 Å². The first-order valence-corrected chi connectivity index (χ1v) is 8.50. The molecule has 3 aromatic carbocycles. The number of hydrogen-bond donors (Lipinski definition) is 1. The van der Waals surface area contributed by atoms with Crippen molar-refractivity contribution in [1.29, 1.82) is 0 Å². The molecule has 0 radical (unpaired) electrons. The largest absolute Gasteiger partial charge is 0.324 e. The van der Waals surface area contributed by atoms with Crippen molar-refractivity contribution in [3.63, 3.8) is 0 Å². The van der Waals surface area contributed by atoms with Crippen LogP contribution in [0.5, 0.6) is 0 Å². The van der Waals surface area contributed by atoms with Gasteiger partial charge in [-0.25, -0.2) is 0 Å². The van der Waals surface area contributed by atoms with Crippen LogP contribution < -0.4 is 5.73 Å². The molecule has 4 rings (SSSR count). The van der Waals surface area contributed by atoms with Crippen molar-refractivity contribution in [2.75, 3.05) is 0 Å². The van der Waals surface area contributed by atoms with E-state index >= 15 is 0 Å². The van der Waals surface area contributed by atoms with E-state index in [-0.39, 0.29) is 18.4 Å². The standard InChI is InChI=1S/C21H23N.ClH/c22-21(15-8-2-1-3-9-15)20-18-12-6-4-10-16(18)14-17-11-5-7-13-19(17)20;/h4-7,10-15,21H,1-3,8-9,22H2;1H/t21-;/m0./s1. The third-order valence-electron chi connectivity index (χ3n) is 5.30. The zero-order valence-corrected chi connectivity index (χ0v) is 14.2. The summed E-state index contributed by atoms with van der Waals surface area (Å²) in [5.74, 6) is 0.628. The molecular formula is C21H24ClN. The fourth-order valence-corrected chi connectivity index (χ4v) is 4.14. The number of hydrogen-bond acceptors (Lipinski definition) is 1. The zero-order chi connectivity index (χ0) is 14.9. The molecule has 23 heavy (non-hydrogen) atoms. The van der Waals surface area contributed by atoms with Crippen LogP contribution in [0.3, 0.4) is 0 Å². The maximum atomic E-state index is 6.80. The Morgan fingerprint density at radius 3 is 1.87 bits per heavy atom. The van der Waals surface area contributed by atoms with E-state index in [1.807, 2.05) is 0 Å². The Hall–Kier alpha value is -1.57. The van der Waals surface area contributed by atoms with Gasteiger partial charge in [0.05, 0.1) is 0 Å². The second kappa shape index (κ2) is 6.90. The normalized spacial score (nSPS) is 17.1. The van der Waals surface area contributed by atoms with E-state index < -0.39 is 0 Å². The van der Waals surface area contributed by atoms with Gasteiger partial charge in [0.25, 0.3) is 0 Å². The summed E-state index contributed by atoms with van der Waals surface area (Å²) < 4.78 is 0. The minimum atomic E-state index is 0. The lowest BCUT2D eigenvalue weighted by atomic mass is 9.79. The molecule has 0 saturated heterocycles. The third kappa shape index (κ3) is 2.96. The molecule has 0 amide bonds. The summed E-state index contributed by atoms with van der Waals surface area (Å²) in [6, 6.07) is 19.8. The average molecular weight is 326 g/mol. The van der Waals surface area contributed by atoms with Crippen LogP contribution in [0.25, 0.3) is 21.5 Å². The summed E-state index contributed by atoms with van der Waals surface area (Å²) in [7, 11) is 0. The van der Waals surface area contributed by atoms with Crippen LogP contribution in [-0.4, -0.2) is 0 Å². The number of fused-ring (bicyclic) bond motifs is 2. The fourth-order valence-electron chi connectivity index (χ4n) is 4.14. The molecule has 1 atom stereocenters. The summed E-state index contributed by atoms with van der Waals surface area (Å²) >= 11 is 0. The summed E-state index contributed by atoms with van der Waals surface area (Å²) in [5.41, 5.74) is 8.16. The van der Waals surface area contributed by atoms with E-state index in [0.717, 1.165) is 0 Å². The Morgan fingerprint density at radius 2 is 1.30 bits per heavy atom. The maximum absolute atomic E-state index is 6.80. The lowest BCUT2D eigenvalue weighted by Crippen LogP contribution is -2.24. The van der Waals surface area contributed by atoms with Gasteiger partial charge in [0, 0.05) is 6.04 Å². The Balaban J connectivity index is 0.00000156. The molecule has 0 aromatic heterocycles. The number of benzene rings is 3. The number of rotatable bonds is 2. The molecule has 3 aromatic rings. The van der Waals surface area contributed by atoms with Crippen LogP contribution in [0.2, 0.25) is 0 Å². The lowest BCUT2D eigenvalue weighted by Gasteiger charge is -2.29. The molecular weight excluding hydrogens is 302 g/mol. The fraction of sp³-hybridized carbons (Fsp3) is 0.333. The highest BCUT2D eigenvalue weighted by atomic mass is 35.5. The Bertz CT molecular complexity index is 751. The molecule has 1 nitrogen and oxygen atoms in total. The first-order valence-electron chi connectivity index (χ1n) is 8.50. The smallest absolute Gasteiger partial charge is 0.0335 e. The van der Waals surface area contributed by atoms with Crippen molar-refractivity contribution < 1.29 is 0 Å². The monoisotopic (exact) mass is 325 g/mol. The van der Waals surface area contributed by atoms with Crippen LogP contribution in [0, 0.1) is 5.92 Å². The molecule has 1 saturated carbocycles. The van der Waals surface area contributed by atoms with Crippen LogP contribution >= 0.6 is 12.4 Å². The van der Waals surface area contributed by atoms with Gasteiger partial charge in [-0.1, -0.05) is 67.8 Å². The first-order chi connectivity index (χ1) is 10.8. The van der Waals surface area contributed by atoms with Crippen molar-refractivity contribution in [2.45, 2.75) is 38.1 Å². The predicted molar refractivity (Wildman–Crippen MR) is 102 cm³/mol. The molecule has 120 valence electrons. The van der Waals surface area contributed by atoms with Crippen LogP contribution in [0.15, 0.2) is 54.6 Å². The topological polar surface area (TPSA) is 26.0 Å². The summed E-state index contributed by atoms with van der Waals surface area (Å²) in [6.45, 7) is 0. The minimum absolute atomic E-state index is 0. The predicted octanol–water partition coefficient (Wildman–Crippen LogP) is 5.99. The van der Waals surface area contributed by atoms with Gasteiger partial charge in [0.15, 0.2) is 0 Å². The van der Waals surface area contributed by atoms with E-state index in [2.05, 4.69) is 54.6 Å². The van der Waals surface area contributed by atoms with Gasteiger partial charge in [-0.05, 0) is 51.9 Å². The molecule has 0 bridgehead atoms. The van der Waals surface area contributed by atoms with Crippen molar-refractivity contribution in [3.05, 3.63) is 60.2 Å². The molecule has 1 aliphatic rings. The summed E-state index contributed by atoms with van der Waals surface area (Å²) in [6.07, 6.45) is 6.60. The average Bonchev–Trinajstić information content (AvgIpc) is 2.60. The number of halogens is 1. The molecule has 2 N–H and O–H groups in total. The van der Waals surface area contributed by atoms with Gasteiger partial charge in [-0.3, -0.25) is 0 Å². The van der Waals surface area contributed by atoms with Crippen LogP contribution in [-0.2, 0) is 0 Å². The van der Waals surface area contributed by atoms with Crippen LogP contribution in [0.4, 0.5) is 0 Å². The van der Waals surface area contributed by atoms with E-state index in [4.69, 9.17) is 5.73 Å². The Kier molecular flexibility index (Phi) is 4.89. The molecule has 0 aliphatic heterocycles. The lowest BCUT2D eigenvalue weighted by molar-refractivity contribution is 0.310. The molecule has 1 aliphatic carbocycles. The van der Waals surface area contributed by atoms with Crippen molar-refractivity contribution in [2.24, 2.45) is 11.7 Å². The highest BCUT2D eigenvalue weighted by Crippen LogP contribution is 2.39. The summed E-state index contributed by atoms with van der Waals surface area (Å²) in [5, 5.41) is 5.28. The number of nitrogens with two attached hydrogens (primary N) is 1. The SMILES string of the molecule is Cl.N[C@H](c1c2ccccc2cc2ccccc12)C1CCCCC1. The van der Waals surface area contributed by atoms with Gasteiger partial charge < -0.3 is 5.73 Å². The maximum Gasteiger partial charge on any atom is 0.0335 e. The van der Waals surface area contributed by atoms with Gasteiger partial charge in [-0.2, -0.15) is 0 Å². The van der Waals surface area contributed by atoms with Gasteiger partial charge in [-0.15, -0.1) is 12.4 Å². The molecule has 2 heteroatoms. The summed E-state index contributed by atoms with van der Waals surface area (Å²) in [4.78, 5) is 0. The van der Waals surface area contributed by atoms with Crippen LogP contribution in [0.1, 0.15) is 43.7 Å². The van der Waals surface area contributed by atoms with E-state index in [1.54, 1.807) is 0 Å². The zero-order valence-electron chi connectivity index (χ0n) is 13.4. The second-order valence-corrected chi connectivity index (χ2v) is 6.66. The Labute approximate surface area is 144 Å². The quantitative estimate of drug-likeness (QED) is 0.575. The molecule has 0 spiro atoms. The first kappa shape index (κ1) is 16.3. The van der Waals surface area contributed by atoms with Gasteiger partial charge in [0.2, 0.25) is 0 Å². The van der Waals surface area contributed by atoms with E-state index in [1.165, 1.54) is 59.2 Å². The second-order valence-electron chi connectivity index (χ2n) is 6.66. The van der Waals surface area contributed by atoms with Gasteiger partial charge >= 0.3 is 0 Å². The van der Waals surface area contributed by atoms with E-state index in [0.29, 0.717) is 5.92 Å². The van der Waals surface area contributed by atoms with Gasteiger partial charge in [0.1, 0.15) is 0 Å². The van der Waals surface area contributed by atoms with Crippen molar-refractivity contribution in [1.82, 2.24) is 0 Å². The van der Waals surface area contributed by atoms with Crippen molar-refractivity contribution >= 4 is 34.0 Å². The minimum Gasteiger partial charge on any atom is -0.324 e. The Morgan fingerprint density at radius 1 is 0.783 bits per heavy atom. The molecule has 1 fully saturated rings. The highest BCUT2D eigenvalue weighted by molar-refractivity contribution is 6.02. The third-order valence-corrected chi connectivity index (χ3v) is 5.30. The van der Waals surface area contributed by atoms with E-state index in [9.17, 15) is 0 Å².